The zero-order chi connectivity index (χ0) is 19.4. The lowest BCUT2D eigenvalue weighted by molar-refractivity contribution is 0.0944. The summed E-state index contributed by atoms with van der Waals surface area (Å²) in [7, 11) is 3.90. The van der Waals surface area contributed by atoms with E-state index in [1.165, 1.54) is 12.1 Å². The molecule has 1 atom stereocenters. The third kappa shape index (κ3) is 4.95. The third-order valence-electron chi connectivity index (χ3n) is 4.31. The van der Waals surface area contributed by atoms with E-state index in [0.29, 0.717) is 31.1 Å². The highest BCUT2D eigenvalue weighted by molar-refractivity contribution is 5.94. The van der Waals surface area contributed by atoms with Crippen LogP contribution >= 0.6 is 0 Å². The Hall–Kier alpha value is -2.67. The number of likely N-dealkylation sites (N-methyl/N-ethyl adjacent to an activating group) is 1. The number of nitrogens with one attached hydrogen (secondary N) is 2. The maximum absolute atomic E-state index is 13.2. The number of carbonyl (C=O) groups is 1. The molecule has 144 valence electrons. The Labute approximate surface area is 158 Å². The minimum atomic E-state index is -0.284. The fraction of sp³-hybridized carbons (Fsp3) is 0.400. The largest absolute Gasteiger partial charge is 0.474 e. The van der Waals surface area contributed by atoms with Crippen LogP contribution in [0.1, 0.15) is 28.5 Å². The maximum atomic E-state index is 13.2. The van der Waals surface area contributed by atoms with E-state index in [9.17, 15) is 9.18 Å². The number of benzene rings is 1. The summed E-state index contributed by atoms with van der Waals surface area (Å²) in [5.74, 6) is -0.0828. The monoisotopic (exact) mass is 372 g/mol. The van der Waals surface area contributed by atoms with Crippen molar-refractivity contribution in [3.63, 3.8) is 0 Å². The summed E-state index contributed by atoms with van der Waals surface area (Å²) >= 11 is 0. The Balaban J connectivity index is 1.89. The standard InChI is InChI=1S/C20H25FN4O2/c1-13-12-27-20-17(23-13)11-15(10-14-4-6-16(21)7-5-14)18(24-20)19(26)22-8-9-25(2)3/h4-7,11,13,23H,8-10,12H2,1-3H3,(H,22,26). The van der Waals surface area contributed by atoms with Gasteiger partial charge in [0, 0.05) is 13.1 Å². The second kappa shape index (κ2) is 8.35. The molecule has 0 saturated heterocycles. The first-order valence-corrected chi connectivity index (χ1v) is 9.03. The Morgan fingerprint density at radius 3 is 2.81 bits per heavy atom. The molecule has 0 saturated carbocycles. The summed E-state index contributed by atoms with van der Waals surface area (Å²) in [6.07, 6.45) is 0.479. The van der Waals surface area contributed by atoms with E-state index >= 15 is 0 Å². The number of pyridine rings is 1. The van der Waals surface area contributed by atoms with Crippen molar-refractivity contribution in [2.24, 2.45) is 0 Å². The summed E-state index contributed by atoms with van der Waals surface area (Å²) in [4.78, 5) is 19.2. The number of halogens is 1. The molecule has 7 heteroatoms. The molecule has 0 fully saturated rings. The minimum Gasteiger partial charge on any atom is -0.474 e. The summed E-state index contributed by atoms with van der Waals surface area (Å²) in [6, 6.07) is 8.34. The van der Waals surface area contributed by atoms with Gasteiger partial charge in [0.1, 0.15) is 18.1 Å². The van der Waals surface area contributed by atoms with Gasteiger partial charge >= 0.3 is 0 Å². The Morgan fingerprint density at radius 1 is 1.37 bits per heavy atom. The third-order valence-corrected chi connectivity index (χ3v) is 4.31. The van der Waals surface area contributed by atoms with Crippen LogP contribution in [-0.4, -0.2) is 55.6 Å². The van der Waals surface area contributed by atoms with Gasteiger partial charge in [-0.1, -0.05) is 12.1 Å². The van der Waals surface area contributed by atoms with Crippen LogP contribution in [-0.2, 0) is 6.42 Å². The first-order valence-electron chi connectivity index (χ1n) is 9.03. The topological polar surface area (TPSA) is 66.5 Å². The Morgan fingerprint density at radius 2 is 2.11 bits per heavy atom. The lowest BCUT2D eigenvalue weighted by Gasteiger charge is -2.25. The zero-order valence-electron chi connectivity index (χ0n) is 15.9. The number of amides is 1. The molecule has 3 rings (SSSR count). The molecule has 0 bridgehead atoms. The number of nitrogens with zero attached hydrogens (tertiary/aromatic N) is 2. The number of carbonyl (C=O) groups excluding carboxylic acids is 1. The molecule has 2 heterocycles. The highest BCUT2D eigenvalue weighted by Crippen LogP contribution is 2.30. The van der Waals surface area contributed by atoms with Gasteiger partial charge < -0.3 is 20.3 Å². The highest BCUT2D eigenvalue weighted by Gasteiger charge is 2.22. The van der Waals surface area contributed by atoms with Crippen LogP contribution in [0.15, 0.2) is 30.3 Å². The van der Waals surface area contributed by atoms with E-state index < -0.39 is 0 Å². The summed E-state index contributed by atoms with van der Waals surface area (Å²) in [6.45, 7) is 3.78. The van der Waals surface area contributed by atoms with Gasteiger partial charge in [0.2, 0.25) is 5.88 Å². The van der Waals surface area contributed by atoms with Crippen LogP contribution in [0, 0.1) is 5.82 Å². The zero-order valence-corrected chi connectivity index (χ0v) is 15.9. The molecule has 1 amide bonds. The van der Waals surface area contributed by atoms with Gasteiger partial charge in [-0.3, -0.25) is 4.79 Å². The number of rotatable bonds is 6. The smallest absolute Gasteiger partial charge is 0.270 e. The number of anilines is 1. The van der Waals surface area contributed by atoms with Crippen LogP contribution in [0.3, 0.4) is 0 Å². The number of fused-ring (bicyclic) bond motifs is 1. The van der Waals surface area contributed by atoms with Gasteiger partial charge in [-0.15, -0.1) is 0 Å². The van der Waals surface area contributed by atoms with Crippen LogP contribution in [0.2, 0.25) is 0 Å². The number of ether oxygens (including phenoxy) is 1. The van der Waals surface area contributed by atoms with E-state index in [-0.39, 0.29) is 17.8 Å². The SMILES string of the molecule is CC1COc2nc(C(=O)NCCN(C)C)c(Cc3ccc(F)cc3)cc2N1. The van der Waals surface area contributed by atoms with Crippen molar-refractivity contribution in [2.45, 2.75) is 19.4 Å². The summed E-state index contributed by atoms with van der Waals surface area (Å²) in [5, 5.41) is 6.24. The van der Waals surface area contributed by atoms with Gasteiger partial charge in [0.05, 0.1) is 11.7 Å². The Bertz CT molecular complexity index is 808. The van der Waals surface area contributed by atoms with E-state index in [4.69, 9.17) is 4.74 Å². The molecule has 0 aliphatic carbocycles. The van der Waals surface area contributed by atoms with E-state index in [0.717, 1.165) is 23.4 Å². The lowest BCUT2D eigenvalue weighted by Crippen LogP contribution is -2.33. The molecular weight excluding hydrogens is 347 g/mol. The van der Waals surface area contributed by atoms with E-state index in [1.54, 1.807) is 12.1 Å². The molecule has 1 aliphatic rings. The van der Waals surface area contributed by atoms with Crippen LogP contribution in [0.25, 0.3) is 0 Å². The van der Waals surface area contributed by atoms with Crippen molar-refractivity contribution in [3.05, 3.63) is 53.0 Å². The summed E-state index contributed by atoms with van der Waals surface area (Å²) < 4.78 is 18.9. The molecule has 6 nitrogen and oxygen atoms in total. The molecule has 1 aromatic carbocycles. The number of aromatic nitrogens is 1. The fourth-order valence-corrected chi connectivity index (χ4v) is 2.89. The van der Waals surface area contributed by atoms with Gasteiger partial charge in [-0.05, 0) is 56.8 Å². The van der Waals surface area contributed by atoms with Crippen molar-refractivity contribution >= 4 is 11.6 Å². The molecule has 1 aromatic heterocycles. The fourth-order valence-electron chi connectivity index (χ4n) is 2.89. The van der Waals surface area contributed by atoms with E-state index in [2.05, 4.69) is 15.6 Å². The van der Waals surface area contributed by atoms with Gasteiger partial charge in [0.25, 0.3) is 5.91 Å². The quantitative estimate of drug-likeness (QED) is 0.815. The van der Waals surface area contributed by atoms with Crippen LogP contribution in [0.4, 0.5) is 10.1 Å². The average molecular weight is 372 g/mol. The van der Waals surface area contributed by atoms with Crippen molar-refractivity contribution in [1.29, 1.82) is 0 Å². The maximum Gasteiger partial charge on any atom is 0.270 e. The number of hydrogen-bond donors (Lipinski definition) is 2. The predicted octanol–water partition coefficient (Wildman–Crippen LogP) is 2.30. The predicted molar refractivity (Wildman–Crippen MR) is 103 cm³/mol. The van der Waals surface area contributed by atoms with Gasteiger partial charge in [0.15, 0.2) is 0 Å². The van der Waals surface area contributed by atoms with Crippen molar-refractivity contribution < 1.29 is 13.9 Å². The number of hydrogen-bond acceptors (Lipinski definition) is 5. The molecule has 2 N–H and O–H groups in total. The van der Waals surface area contributed by atoms with Gasteiger partial charge in [-0.25, -0.2) is 9.37 Å². The molecular formula is C20H25FN4O2. The lowest BCUT2D eigenvalue weighted by atomic mass is 10.0. The first kappa shape index (κ1) is 19.1. The normalized spacial score (nSPS) is 15.7. The molecule has 0 spiro atoms. The minimum absolute atomic E-state index is 0.165. The van der Waals surface area contributed by atoms with Crippen LogP contribution in [0.5, 0.6) is 5.88 Å². The van der Waals surface area contributed by atoms with Crippen LogP contribution < -0.4 is 15.4 Å². The highest BCUT2D eigenvalue weighted by atomic mass is 19.1. The molecule has 27 heavy (non-hydrogen) atoms. The molecule has 0 radical (unpaired) electrons. The van der Waals surface area contributed by atoms with Crippen molar-refractivity contribution in [1.82, 2.24) is 15.2 Å². The molecule has 1 unspecified atom stereocenters. The molecule has 1 aliphatic heterocycles. The second-order valence-corrected chi connectivity index (χ2v) is 7.07. The van der Waals surface area contributed by atoms with Crippen molar-refractivity contribution in [3.8, 4) is 5.88 Å². The van der Waals surface area contributed by atoms with Gasteiger partial charge in [-0.2, -0.15) is 0 Å². The van der Waals surface area contributed by atoms with E-state index in [1.807, 2.05) is 32.0 Å². The average Bonchev–Trinajstić information content (AvgIpc) is 2.62. The Kier molecular flexibility index (Phi) is 5.91. The van der Waals surface area contributed by atoms with Crippen molar-refractivity contribution in [2.75, 3.05) is 39.1 Å². The second-order valence-electron chi connectivity index (χ2n) is 7.07. The summed E-state index contributed by atoms with van der Waals surface area (Å²) in [5.41, 5.74) is 2.79. The molecule has 2 aromatic rings. The first-order chi connectivity index (χ1) is 12.9.